The molecule has 0 saturated carbocycles. The number of aliphatic hydroxyl groups excluding tert-OH is 1. The normalized spacial score (nSPS) is 11.8. The van der Waals surface area contributed by atoms with Gasteiger partial charge in [-0.15, -0.1) is 0 Å². The Morgan fingerprint density at radius 3 is 2.55 bits per heavy atom. The van der Waals surface area contributed by atoms with E-state index >= 15 is 0 Å². The number of sulfonamides is 1. The average molecular weight is 301 g/mol. The second-order valence-corrected chi connectivity index (χ2v) is 6.69. The Morgan fingerprint density at radius 2 is 2.00 bits per heavy atom. The van der Waals surface area contributed by atoms with E-state index in [1.54, 1.807) is 18.2 Å². The van der Waals surface area contributed by atoms with Crippen molar-refractivity contribution in [2.45, 2.75) is 44.6 Å². The molecule has 0 heterocycles. The van der Waals surface area contributed by atoms with E-state index in [2.05, 4.69) is 4.72 Å². The number of ether oxygens (including phenoxy) is 1. The quantitative estimate of drug-likeness (QED) is 0.718. The maximum atomic E-state index is 12.1. The Bertz CT molecular complexity index is 526. The van der Waals surface area contributed by atoms with Crippen LogP contribution in [-0.2, 0) is 10.0 Å². The zero-order chi connectivity index (χ0) is 15.2. The van der Waals surface area contributed by atoms with Crippen molar-refractivity contribution in [1.82, 2.24) is 4.72 Å². The highest BCUT2D eigenvalue weighted by atomic mass is 32.2. The van der Waals surface area contributed by atoms with Crippen molar-refractivity contribution >= 4 is 10.0 Å². The second-order valence-electron chi connectivity index (χ2n) is 4.92. The lowest BCUT2D eigenvalue weighted by Crippen LogP contribution is -2.25. The highest BCUT2D eigenvalue weighted by Gasteiger charge is 2.15. The van der Waals surface area contributed by atoms with E-state index < -0.39 is 10.0 Å². The molecule has 1 aromatic rings. The van der Waals surface area contributed by atoms with Crippen LogP contribution in [0.3, 0.4) is 0 Å². The van der Waals surface area contributed by atoms with Crippen LogP contribution in [0.25, 0.3) is 0 Å². The van der Waals surface area contributed by atoms with E-state index in [0.29, 0.717) is 25.1 Å². The van der Waals surface area contributed by atoms with E-state index in [1.807, 2.05) is 20.8 Å². The molecule has 114 valence electrons. The average Bonchev–Trinajstić information content (AvgIpc) is 2.36. The molecule has 2 N–H and O–H groups in total. The summed E-state index contributed by atoms with van der Waals surface area (Å²) in [6, 6.07) is 4.82. The van der Waals surface area contributed by atoms with Gasteiger partial charge in [0.15, 0.2) is 0 Å². The van der Waals surface area contributed by atoms with Crippen molar-refractivity contribution in [2.24, 2.45) is 0 Å². The molecule has 6 heteroatoms. The molecule has 0 saturated heterocycles. The predicted octanol–water partition coefficient (Wildman–Crippen LogP) is 1.83. The molecule has 0 radical (unpaired) electrons. The summed E-state index contributed by atoms with van der Waals surface area (Å²) < 4.78 is 32.2. The molecule has 0 bridgehead atoms. The maximum absolute atomic E-state index is 12.1. The van der Waals surface area contributed by atoms with Crippen molar-refractivity contribution in [3.8, 4) is 5.75 Å². The van der Waals surface area contributed by atoms with Crippen molar-refractivity contribution in [1.29, 1.82) is 0 Å². The molecule has 0 spiro atoms. The Hall–Kier alpha value is -1.11. The molecular weight excluding hydrogens is 278 g/mol. The molecule has 20 heavy (non-hydrogen) atoms. The summed E-state index contributed by atoms with van der Waals surface area (Å²) in [5.74, 6) is 0.694. The lowest BCUT2D eigenvalue weighted by Gasteiger charge is -2.13. The smallest absolute Gasteiger partial charge is 0.240 e. The number of nitrogens with one attached hydrogen (secondary N) is 1. The minimum absolute atomic E-state index is 0.0489. The van der Waals surface area contributed by atoms with Gasteiger partial charge in [0.2, 0.25) is 10.0 Å². The zero-order valence-electron chi connectivity index (χ0n) is 12.2. The number of hydrogen-bond donors (Lipinski definition) is 2. The van der Waals surface area contributed by atoms with E-state index in [9.17, 15) is 8.42 Å². The number of benzene rings is 1. The largest absolute Gasteiger partial charge is 0.491 e. The first kappa shape index (κ1) is 16.9. The van der Waals surface area contributed by atoms with Gasteiger partial charge in [0.1, 0.15) is 5.75 Å². The Balaban J connectivity index is 2.78. The molecule has 0 unspecified atom stereocenters. The second kappa shape index (κ2) is 7.61. The van der Waals surface area contributed by atoms with Crippen molar-refractivity contribution < 1.29 is 18.3 Å². The fourth-order valence-corrected chi connectivity index (χ4v) is 2.86. The molecule has 0 atom stereocenters. The number of aryl methyl sites for hydroxylation is 1. The van der Waals surface area contributed by atoms with Gasteiger partial charge in [-0.2, -0.15) is 0 Å². The fourth-order valence-electron chi connectivity index (χ4n) is 1.70. The van der Waals surface area contributed by atoms with Gasteiger partial charge < -0.3 is 9.84 Å². The van der Waals surface area contributed by atoms with E-state index in [4.69, 9.17) is 9.84 Å². The van der Waals surface area contributed by atoms with Crippen LogP contribution in [0.4, 0.5) is 0 Å². The summed E-state index contributed by atoms with van der Waals surface area (Å²) in [4.78, 5) is 0.232. The van der Waals surface area contributed by atoms with Gasteiger partial charge in [-0.05, 0) is 57.4 Å². The molecule has 5 nitrogen and oxygen atoms in total. The molecule has 0 fully saturated rings. The standard InChI is InChI=1S/C14H23NO4S/c1-11(2)19-14-7-6-13(10-12(14)3)20(17,18)15-8-4-5-9-16/h6-7,10-11,15-16H,4-5,8-9H2,1-3H3. The summed E-state index contributed by atoms with van der Waals surface area (Å²) in [6.07, 6.45) is 1.25. The lowest BCUT2D eigenvalue weighted by molar-refractivity contribution is 0.240. The molecule has 0 aliphatic rings. The van der Waals surface area contributed by atoms with Crippen LogP contribution in [0.5, 0.6) is 5.75 Å². The highest BCUT2D eigenvalue weighted by molar-refractivity contribution is 7.89. The van der Waals surface area contributed by atoms with E-state index in [0.717, 1.165) is 5.56 Å². The predicted molar refractivity (Wildman–Crippen MR) is 78.5 cm³/mol. The highest BCUT2D eigenvalue weighted by Crippen LogP contribution is 2.22. The van der Waals surface area contributed by atoms with Crippen LogP contribution in [0.1, 0.15) is 32.3 Å². The number of aliphatic hydroxyl groups is 1. The first-order valence-corrected chi connectivity index (χ1v) is 8.23. The van der Waals surface area contributed by atoms with Gasteiger partial charge in [-0.25, -0.2) is 13.1 Å². The maximum Gasteiger partial charge on any atom is 0.240 e. The van der Waals surface area contributed by atoms with Crippen molar-refractivity contribution in [3.63, 3.8) is 0 Å². The SMILES string of the molecule is Cc1cc(S(=O)(=O)NCCCCO)ccc1OC(C)C. The fraction of sp³-hybridized carbons (Fsp3) is 0.571. The summed E-state index contributed by atoms with van der Waals surface area (Å²) in [5, 5.41) is 8.66. The number of hydrogen-bond acceptors (Lipinski definition) is 4. The molecule has 1 rings (SSSR count). The van der Waals surface area contributed by atoms with Crippen LogP contribution >= 0.6 is 0 Å². The Labute approximate surface area is 121 Å². The molecule has 0 aliphatic heterocycles. The minimum atomic E-state index is -3.50. The van der Waals surface area contributed by atoms with Crippen LogP contribution in [0.2, 0.25) is 0 Å². The minimum Gasteiger partial charge on any atom is -0.491 e. The molecule has 0 aromatic heterocycles. The molecule has 0 aliphatic carbocycles. The van der Waals surface area contributed by atoms with Crippen LogP contribution in [0.15, 0.2) is 23.1 Å². The van der Waals surface area contributed by atoms with Crippen LogP contribution in [-0.4, -0.2) is 32.8 Å². The summed E-state index contributed by atoms with van der Waals surface area (Å²) in [6.45, 7) is 6.07. The van der Waals surface area contributed by atoms with Crippen LogP contribution < -0.4 is 9.46 Å². The van der Waals surface area contributed by atoms with Gasteiger partial charge in [-0.3, -0.25) is 0 Å². The topological polar surface area (TPSA) is 75.6 Å². The first-order chi connectivity index (χ1) is 9.36. The number of rotatable bonds is 8. The Kier molecular flexibility index (Phi) is 6.45. The third-order valence-corrected chi connectivity index (χ3v) is 4.16. The van der Waals surface area contributed by atoms with Crippen molar-refractivity contribution in [3.05, 3.63) is 23.8 Å². The first-order valence-electron chi connectivity index (χ1n) is 6.74. The molecule has 1 aromatic carbocycles. The zero-order valence-corrected chi connectivity index (χ0v) is 13.0. The van der Waals surface area contributed by atoms with Crippen molar-refractivity contribution in [2.75, 3.05) is 13.2 Å². The number of unbranched alkanes of at least 4 members (excludes halogenated alkanes) is 1. The lowest BCUT2D eigenvalue weighted by atomic mass is 10.2. The molecular formula is C14H23NO4S. The van der Waals surface area contributed by atoms with Gasteiger partial charge in [0.25, 0.3) is 0 Å². The molecule has 0 amide bonds. The Morgan fingerprint density at radius 1 is 1.30 bits per heavy atom. The monoisotopic (exact) mass is 301 g/mol. The summed E-state index contributed by atoms with van der Waals surface area (Å²) in [7, 11) is -3.50. The third kappa shape index (κ3) is 5.11. The van der Waals surface area contributed by atoms with Crippen LogP contribution in [0, 0.1) is 6.92 Å². The third-order valence-electron chi connectivity index (χ3n) is 2.70. The summed E-state index contributed by atoms with van der Waals surface area (Å²) >= 11 is 0. The van der Waals surface area contributed by atoms with E-state index in [-0.39, 0.29) is 17.6 Å². The van der Waals surface area contributed by atoms with Gasteiger partial charge in [0.05, 0.1) is 11.0 Å². The summed E-state index contributed by atoms with van der Waals surface area (Å²) in [5.41, 5.74) is 0.789. The van der Waals surface area contributed by atoms with Gasteiger partial charge in [-0.1, -0.05) is 0 Å². The van der Waals surface area contributed by atoms with E-state index in [1.165, 1.54) is 0 Å². The van der Waals surface area contributed by atoms with Gasteiger partial charge in [0, 0.05) is 13.2 Å². The van der Waals surface area contributed by atoms with Gasteiger partial charge >= 0.3 is 0 Å².